The summed E-state index contributed by atoms with van der Waals surface area (Å²) < 4.78 is 1.80. The van der Waals surface area contributed by atoms with E-state index < -0.39 is 0 Å². The molecule has 0 saturated heterocycles. The second-order valence-corrected chi connectivity index (χ2v) is 5.77. The summed E-state index contributed by atoms with van der Waals surface area (Å²) in [7, 11) is 0. The second-order valence-electron chi connectivity index (χ2n) is 5.77. The average molecular weight is 303 g/mol. The van der Waals surface area contributed by atoms with Gasteiger partial charge in [0.25, 0.3) is 5.78 Å². The Morgan fingerprint density at radius 1 is 0.913 bits per heavy atom. The van der Waals surface area contributed by atoms with Crippen LogP contribution in [0, 0.1) is 13.8 Å². The number of rotatable bonds is 3. The molecule has 1 aromatic carbocycles. The van der Waals surface area contributed by atoms with Crippen LogP contribution < -0.4 is 0 Å². The molecule has 0 fully saturated rings. The molecular formula is C18H17N5. The number of nitrogens with zero attached hydrogens (tertiary/aromatic N) is 5. The molecule has 23 heavy (non-hydrogen) atoms. The van der Waals surface area contributed by atoms with Crippen molar-refractivity contribution in [3.05, 3.63) is 65.4 Å². The molecule has 3 aromatic heterocycles. The van der Waals surface area contributed by atoms with Crippen LogP contribution in [0.5, 0.6) is 0 Å². The Kier molecular flexibility index (Phi) is 3.26. The Morgan fingerprint density at radius 2 is 1.78 bits per heavy atom. The lowest BCUT2D eigenvalue weighted by molar-refractivity contribution is 0.808. The molecule has 114 valence electrons. The highest BCUT2D eigenvalue weighted by atomic mass is 15.3. The Hall–Kier alpha value is -2.82. The number of pyridine rings is 1. The number of para-hydroxylation sites is 1. The maximum absolute atomic E-state index is 4.70. The van der Waals surface area contributed by atoms with Crippen molar-refractivity contribution in [3.63, 3.8) is 0 Å². The lowest BCUT2D eigenvalue weighted by atomic mass is 10.1. The van der Waals surface area contributed by atoms with Gasteiger partial charge in [-0.25, -0.2) is 9.50 Å². The van der Waals surface area contributed by atoms with Crippen molar-refractivity contribution in [1.29, 1.82) is 0 Å². The molecule has 0 aliphatic heterocycles. The van der Waals surface area contributed by atoms with Crippen LogP contribution in [0.3, 0.4) is 0 Å². The van der Waals surface area contributed by atoms with Gasteiger partial charge in [0.05, 0.1) is 5.52 Å². The van der Waals surface area contributed by atoms with Gasteiger partial charge in [0, 0.05) is 28.9 Å². The number of fused-ring (bicyclic) bond motifs is 2. The minimum absolute atomic E-state index is 0.670. The molecule has 4 aromatic rings. The number of aromatic nitrogens is 5. The van der Waals surface area contributed by atoms with E-state index in [1.807, 2.05) is 38.1 Å². The molecule has 0 amide bonds. The third kappa shape index (κ3) is 2.65. The summed E-state index contributed by atoms with van der Waals surface area (Å²) in [4.78, 5) is 13.6. The predicted molar refractivity (Wildman–Crippen MR) is 89.4 cm³/mol. The van der Waals surface area contributed by atoms with Crippen molar-refractivity contribution in [3.8, 4) is 0 Å². The summed E-state index contributed by atoms with van der Waals surface area (Å²) in [6.07, 6.45) is 1.58. The van der Waals surface area contributed by atoms with E-state index in [1.165, 1.54) is 0 Å². The van der Waals surface area contributed by atoms with E-state index in [1.54, 1.807) is 4.52 Å². The van der Waals surface area contributed by atoms with Gasteiger partial charge in [-0.15, -0.1) is 5.10 Å². The largest absolute Gasteiger partial charge is 0.253 e. The van der Waals surface area contributed by atoms with Crippen LogP contribution in [-0.2, 0) is 12.8 Å². The first-order chi connectivity index (χ1) is 11.2. The van der Waals surface area contributed by atoms with Gasteiger partial charge in [-0.2, -0.15) is 4.98 Å². The van der Waals surface area contributed by atoms with E-state index >= 15 is 0 Å². The third-order valence-corrected chi connectivity index (χ3v) is 3.92. The number of hydrogen-bond donors (Lipinski definition) is 0. The molecule has 0 unspecified atom stereocenters. The molecule has 5 heteroatoms. The van der Waals surface area contributed by atoms with Crippen LogP contribution in [0.25, 0.3) is 16.7 Å². The SMILES string of the molecule is Cc1cc(C)n2nc(CCc3ccc4ccccc4n3)nc2n1. The van der Waals surface area contributed by atoms with Gasteiger partial charge in [-0.05, 0) is 38.5 Å². The van der Waals surface area contributed by atoms with Crippen molar-refractivity contribution in [2.24, 2.45) is 0 Å². The van der Waals surface area contributed by atoms with Crippen LogP contribution in [0.1, 0.15) is 22.9 Å². The normalized spacial score (nSPS) is 11.4. The molecule has 0 atom stereocenters. The van der Waals surface area contributed by atoms with Crippen LogP contribution in [0.15, 0.2) is 42.5 Å². The standard InChI is InChI=1S/C18H17N5/c1-12-11-13(2)23-18(19-12)21-17(22-23)10-9-15-8-7-14-5-3-4-6-16(14)20-15/h3-8,11H,9-10H2,1-2H3. The summed E-state index contributed by atoms with van der Waals surface area (Å²) >= 11 is 0. The molecule has 0 bridgehead atoms. The van der Waals surface area contributed by atoms with Crippen LogP contribution in [0.4, 0.5) is 0 Å². The number of benzene rings is 1. The van der Waals surface area contributed by atoms with E-state index in [0.717, 1.165) is 46.7 Å². The molecule has 5 nitrogen and oxygen atoms in total. The maximum atomic E-state index is 4.70. The summed E-state index contributed by atoms with van der Waals surface area (Å²) in [5, 5.41) is 5.71. The fourth-order valence-electron chi connectivity index (χ4n) is 2.80. The minimum atomic E-state index is 0.670. The smallest absolute Gasteiger partial charge is 0.252 e. The zero-order valence-corrected chi connectivity index (χ0v) is 13.2. The van der Waals surface area contributed by atoms with Gasteiger partial charge in [0.2, 0.25) is 0 Å². The molecule has 4 rings (SSSR count). The molecule has 0 aliphatic carbocycles. The van der Waals surface area contributed by atoms with E-state index in [-0.39, 0.29) is 0 Å². The molecule has 0 aliphatic rings. The first-order valence-electron chi connectivity index (χ1n) is 7.73. The Balaban J connectivity index is 1.59. The Labute approximate surface area is 134 Å². The molecule has 0 saturated carbocycles. The van der Waals surface area contributed by atoms with Gasteiger partial charge in [-0.1, -0.05) is 24.3 Å². The summed E-state index contributed by atoms with van der Waals surface area (Å²) in [5.74, 6) is 1.48. The molecule has 0 radical (unpaired) electrons. The van der Waals surface area contributed by atoms with Gasteiger partial charge < -0.3 is 0 Å². The van der Waals surface area contributed by atoms with Gasteiger partial charge in [0.15, 0.2) is 5.82 Å². The van der Waals surface area contributed by atoms with E-state index in [4.69, 9.17) is 4.98 Å². The van der Waals surface area contributed by atoms with Crippen LogP contribution in [0.2, 0.25) is 0 Å². The van der Waals surface area contributed by atoms with Crippen molar-refractivity contribution in [2.45, 2.75) is 26.7 Å². The highest BCUT2D eigenvalue weighted by molar-refractivity contribution is 5.78. The van der Waals surface area contributed by atoms with Gasteiger partial charge >= 0.3 is 0 Å². The zero-order chi connectivity index (χ0) is 15.8. The minimum Gasteiger partial charge on any atom is -0.253 e. The lowest BCUT2D eigenvalue weighted by Gasteiger charge is -2.01. The Bertz CT molecular complexity index is 1000. The zero-order valence-electron chi connectivity index (χ0n) is 13.2. The van der Waals surface area contributed by atoms with E-state index in [0.29, 0.717) is 5.78 Å². The lowest BCUT2D eigenvalue weighted by Crippen LogP contribution is -1.99. The van der Waals surface area contributed by atoms with Crippen molar-refractivity contribution in [2.75, 3.05) is 0 Å². The Morgan fingerprint density at radius 3 is 2.70 bits per heavy atom. The van der Waals surface area contributed by atoms with Crippen molar-refractivity contribution in [1.82, 2.24) is 24.6 Å². The number of aryl methyl sites for hydroxylation is 4. The first kappa shape index (κ1) is 13.8. The van der Waals surface area contributed by atoms with Gasteiger partial charge in [0.1, 0.15) is 0 Å². The molecule has 3 heterocycles. The van der Waals surface area contributed by atoms with Crippen molar-refractivity contribution < 1.29 is 0 Å². The molecular weight excluding hydrogens is 286 g/mol. The summed E-state index contributed by atoms with van der Waals surface area (Å²) in [6, 6.07) is 14.4. The average Bonchev–Trinajstić information content (AvgIpc) is 2.96. The first-order valence-corrected chi connectivity index (χ1v) is 7.73. The molecule has 0 spiro atoms. The fraction of sp³-hybridized carbons (Fsp3) is 0.222. The van der Waals surface area contributed by atoms with Crippen molar-refractivity contribution >= 4 is 16.7 Å². The fourth-order valence-corrected chi connectivity index (χ4v) is 2.80. The quantitative estimate of drug-likeness (QED) is 0.583. The highest BCUT2D eigenvalue weighted by Gasteiger charge is 2.08. The van der Waals surface area contributed by atoms with Gasteiger partial charge in [-0.3, -0.25) is 4.98 Å². The topological polar surface area (TPSA) is 56.0 Å². The summed E-state index contributed by atoms with van der Waals surface area (Å²) in [6.45, 7) is 3.99. The second kappa shape index (κ2) is 5.43. The third-order valence-electron chi connectivity index (χ3n) is 3.92. The van der Waals surface area contributed by atoms with E-state index in [2.05, 4.69) is 33.3 Å². The van der Waals surface area contributed by atoms with E-state index in [9.17, 15) is 0 Å². The maximum Gasteiger partial charge on any atom is 0.252 e. The van der Waals surface area contributed by atoms with Crippen LogP contribution >= 0.6 is 0 Å². The highest BCUT2D eigenvalue weighted by Crippen LogP contribution is 2.13. The predicted octanol–water partition coefficient (Wildman–Crippen LogP) is 3.07. The monoisotopic (exact) mass is 303 g/mol. The number of hydrogen-bond acceptors (Lipinski definition) is 4. The molecule has 0 N–H and O–H groups in total. The summed E-state index contributed by atoms with van der Waals surface area (Å²) in [5.41, 5.74) is 4.10. The van der Waals surface area contributed by atoms with Crippen LogP contribution in [-0.4, -0.2) is 24.6 Å².